The maximum absolute atomic E-state index is 11.9. The lowest BCUT2D eigenvalue weighted by Gasteiger charge is -2.20. The van der Waals surface area contributed by atoms with Crippen LogP contribution in [0.3, 0.4) is 0 Å². The van der Waals surface area contributed by atoms with Crippen LogP contribution in [0.2, 0.25) is 0 Å². The summed E-state index contributed by atoms with van der Waals surface area (Å²) >= 11 is 0. The second kappa shape index (κ2) is 6.75. The summed E-state index contributed by atoms with van der Waals surface area (Å²) in [5.41, 5.74) is 3.59. The molecule has 1 fully saturated rings. The molecule has 0 spiro atoms. The average Bonchev–Trinajstić information content (AvgIpc) is 3.34. The van der Waals surface area contributed by atoms with Crippen molar-refractivity contribution >= 4 is 5.91 Å². The van der Waals surface area contributed by atoms with Gasteiger partial charge in [0.15, 0.2) is 0 Å². The van der Waals surface area contributed by atoms with Crippen LogP contribution in [-0.2, 0) is 4.79 Å². The molecule has 1 amide bonds. The fourth-order valence-electron chi connectivity index (χ4n) is 2.53. The van der Waals surface area contributed by atoms with Crippen molar-refractivity contribution in [2.45, 2.75) is 31.8 Å². The molecule has 114 valence electrons. The van der Waals surface area contributed by atoms with Crippen LogP contribution in [0, 0.1) is 6.92 Å². The highest BCUT2D eigenvalue weighted by atomic mass is 16.2. The van der Waals surface area contributed by atoms with Gasteiger partial charge in [-0.05, 0) is 30.9 Å². The van der Waals surface area contributed by atoms with Gasteiger partial charge < -0.3 is 5.32 Å². The molecule has 1 aliphatic carbocycles. The zero-order valence-electron chi connectivity index (χ0n) is 12.9. The molecule has 0 heterocycles. The van der Waals surface area contributed by atoms with Gasteiger partial charge in [0.05, 0.1) is 12.6 Å². The van der Waals surface area contributed by atoms with Crippen molar-refractivity contribution in [2.75, 3.05) is 6.54 Å². The third-order valence-corrected chi connectivity index (χ3v) is 3.95. The van der Waals surface area contributed by atoms with Gasteiger partial charge in [-0.1, -0.05) is 60.2 Å². The first kappa shape index (κ1) is 14.8. The molecule has 1 aliphatic rings. The van der Waals surface area contributed by atoms with Crippen LogP contribution >= 0.6 is 0 Å². The lowest BCUT2D eigenvalue weighted by molar-refractivity contribution is -0.120. The van der Waals surface area contributed by atoms with E-state index in [2.05, 4.69) is 54.0 Å². The summed E-state index contributed by atoms with van der Waals surface area (Å²) in [6.45, 7) is 2.42. The summed E-state index contributed by atoms with van der Waals surface area (Å²) in [6, 6.07) is 19.2. The fourth-order valence-corrected chi connectivity index (χ4v) is 2.53. The van der Waals surface area contributed by atoms with Crippen molar-refractivity contribution in [3.05, 3.63) is 71.3 Å². The Morgan fingerprint density at radius 3 is 2.32 bits per heavy atom. The van der Waals surface area contributed by atoms with E-state index in [0.29, 0.717) is 12.6 Å². The van der Waals surface area contributed by atoms with Crippen molar-refractivity contribution in [3.8, 4) is 0 Å². The zero-order chi connectivity index (χ0) is 15.4. The molecule has 1 saturated carbocycles. The molecule has 3 rings (SSSR count). The number of hydrogen-bond donors (Lipinski definition) is 2. The van der Waals surface area contributed by atoms with Gasteiger partial charge in [-0.2, -0.15) is 0 Å². The SMILES string of the molecule is Cc1ccc([C@@H](NCC(=O)NC2CC2)c2ccccc2)cc1. The highest BCUT2D eigenvalue weighted by Gasteiger charge is 2.23. The molecule has 2 N–H and O–H groups in total. The number of carbonyl (C=O) groups excluding carboxylic acids is 1. The Kier molecular flexibility index (Phi) is 4.54. The monoisotopic (exact) mass is 294 g/mol. The minimum Gasteiger partial charge on any atom is -0.352 e. The molecule has 2 aromatic rings. The summed E-state index contributed by atoms with van der Waals surface area (Å²) in [5, 5.41) is 6.41. The normalized spacial score (nSPS) is 15.3. The fraction of sp³-hybridized carbons (Fsp3) is 0.316. The van der Waals surface area contributed by atoms with Crippen LogP contribution in [0.15, 0.2) is 54.6 Å². The van der Waals surface area contributed by atoms with Crippen LogP contribution in [0.1, 0.15) is 35.6 Å². The van der Waals surface area contributed by atoms with Crippen molar-refractivity contribution in [3.63, 3.8) is 0 Å². The highest BCUT2D eigenvalue weighted by Crippen LogP contribution is 2.22. The van der Waals surface area contributed by atoms with E-state index < -0.39 is 0 Å². The predicted molar refractivity (Wildman–Crippen MR) is 88.6 cm³/mol. The van der Waals surface area contributed by atoms with E-state index in [1.54, 1.807) is 0 Å². The molecule has 2 aromatic carbocycles. The van der Waals surface area contributed by atoms with Gasteiger partial charge in [0.25, 0.3) is 0 Å². The zero-order valence-corrected chi connectivity index (χ0v) is 12.9. The van der Waals surface area contributed by atoms with Crippen molar-refractivity contribution < 1.29 is 4.79 Å². The van der Waals surface area contributed by atoms with E-state index in [1.165, 1.54) is 16.7 Å². The summed E-state index contributed by atoms with van der Waals surface area (Å²) in [4.78, 5) is 11.9. The lowest BCUT2D eigenvalue weighted by atomic mass is 9.98. The molecular formula is C19H22N2O. The first-order chi connectivity index (χ1) is 10.7. The standard InChI is InChI=1S/C19H22N2O/c1-14-7-9-16(10-8-14)19(15-5-3-2-4-6-15)20-13-18(22)21-17-11-12-17/h2-10,17,19-20H,11-13H2,1H3,(H,21,22)/t19-/m0/s1. The van der Waals surface area contributed by atoms with Gasteiger partial charge in [0, 0.05) is 6.04 Å². The van der Waals surface area contributed by atoms with Gasteiger partial charge in [-0.15, -0.1) is 0 Å². The van der Waals surface area contributed by atoms with E-state index in [-0.39, 0.29) is 11.9 Å². The Balaban J connectivity index is 1.73. The largest absolute Gasteiger partial charge is 0.352 e. The third-order valence-electron chi connectivity index (χ3n) is 3.95. The Bertz CT molecular complexity index is 618. The first-order valence-corrected chi connectivity index (χ1v) is 7.86. The van der Waals surface area contributed by atoms with Crippen LogP contribution in [-0.4, -0.2) is 18.5 Å². The lowest BCUT2D eigenvalue weighted by Crippen LogP contribution is -2.37. The maximum Gasteiger partial charge on any atom is 0.234 e. The van der Waals surface area contributed by atoms with Crippen molar-refractivity contribution in [1.29, 1.82) is 0 Å². The number of carbonyl (C=O) groups is 1. The van der Waals surface area contributed by atoms with E-state index in [9.17, 15) is 4.79 Å². The van der Waals surface area contributed by atoms with E-state index >= 15 is 0 Å². The molecule has 22 heavy (non-hydrogen) atoms. The molecule has 3 heteroatoms. The highest BCUT2D eigenvalue weighted by molar-refractivity contribution is 5.78. The van der Waals surface area contributed by atoms with Crippen LogP contribution in [0.5, 0.6) is 0 Å². The van der Waals surface area contributed by atoms with Crippen LogP contribution in [0.25, 0.3) is 0 Å². The second-order valence-corrected chi connectivity index (χ2v) is 5.98. The summed E-state index contributed by atoms with van der Waals surface area (Å²) in [7, 11) is 0. The molecule has 0 aromatic heterocycles. The average molecular weight is 294 g/mol. The molecule has 3 nitrogen and oxygen atoms in total. The Morgan fingerprint density at radius 1 is 1.05 bits per heavy atom. The second-order valence-electron chi connectivity index (χ2n) is 5.98. The third kappa shape index (κ3) is 3.95. The maximum atomic E-state index is 11.9. The van der Waals surface area contributed by atoms with Crippen LogP contribution < -0.4 is 10.6 Å². The Labute approximate surface area is 131 Å². The predicted octanol–water partition coefficient (Wildman–Crippen LogP) is 2.95. The number of benzene rings is 2. The molecule has 0 bridgehead atoms. The number of amides is 1. The van der Waals surface area contributed by atoms with Crippen molar-refractivity contribution in [2.24, 2.45) is 0 Å². The molecular weight excluding hydrogens is 272 g/mol. The Hall–Kier alpha value is -2.13. The summed E-state index contributed by atoms with van der Waals surface area (Å²) in [5.74, 6) is 0.0792. The topological polar surface area (TPSA) is 41.1 Å². The smallest absolute Gasteiger partial charge is 0.234 e. The summed E-state index contributed by atoms with van der Waals surface area (Å²) < 4.78 is 0. The molecule has 0 radical (unpaired) electrons. The number of aryl methyl sites for hydroxylation is 1. The van der Waals surface area contributed by atoms with Gasteiger partial charge in [0.2, 0.25) is 5.91 Å². The number of nitrogens with one attached hydrogen (secondary N) is 2. The Morgan fingerprint density at radius 2 is 1.68 bits per heavy atom. The molecule has 0 unspecified atom stereocenters. The van der Waals surface area contributed by atoms with E-state index in [0.717, 1.165) is 12.8 Å². The van der Waals surface area contributed by atoms with Gasteiger partial charge in [-0.25, -0.2) is 0 Å². The molecule has 0 aliphatic heterocycles. The van der Waals surface area contributed by atoms with E-state index in [4.69, 9.17) is 0 Å². The van der Waals surface area contributed by atoms with Crippen LogP contribution in [0.4, 0.5) is 0 Å². The minimum atomic E-state index is 0.0340. The summed E-state index contributed by atoms with van der Waals surface area (Å²) in [6.07, 6.45) is 2.23. The van der Waals surface area contributed by atoms with Gasteiger partial charge in [-0.3, -0.25) is 10.1 Å². The first-order valence-electron chi connectivity index (χ1n) is 7.86. The number of hydrogen-bond acceptors (Lipinski definition) is 2. The molecule has 0 saturated heterocycles. The van der Waals surface area contributed by atoms with Crippen molar-refractivity contribution in [1.82, 2.24) is 10.6 Å². The van der Waals surface area contributed by atoms with Gasteiger partial charge in [0.1, 0.15) is 0 Å². The van der Waals surface area contributed by atoms with Gasteiger partial charge >= 0.3 is 0 Å². The quantitative estimate of drug-likeness (QED) is 0.860. The minimum absolute atomic E-state index is 0.0340. The van der Waals surface area contributed by atoms with E-state index in [1.807, 2.05) is 18.2 Å². The molecule has 1 atom stereocenters. The number of rotatable bonds is 6.